The molecule has 0 amide bonds. The first kappa shape index (κ1) is 13.5. The van der Waals surface area contributed by atoms with Crippen molar-refractivity contribution in [1.29, 1.82) is 0 Å². The third-order valence-corrected chi connectivity index (χ3v) is 3.25. The molecule has 0 saturated heterocycles. The fourth-order valence-corrected chi connectivity index (χ4v) is 2.16. The van der Waals surface area contributed by atoms with Gasteiger partial charge in [0.1, 0.15) is 6.29 Å². The number of hydrogen-bond acceptors (Lipinski definition) is 3. The first-order valence-corrected chi connectivity index (χ1v) is 6.78. The molecule has 3 rings (SSSR count). The highest BCUT2D eigenvalue weighted by Gasteiger charge is 1.99. The first-order valence-electron chi connectivity index (χ1n) is 6.40. The van der Waals surface area contributed by atoms with Gasteiger partial charge < -0.3 is 0 Å². The number of carbonyl (C=O) groups is 1. The van der Waals surface area contributed by atoms with Crippen molar-refractivity contribution in [2.45, 2.75) is 0 Å². The zero-order valence-corrected chi connectivity index (χ0v) is 11.8. The molecule has 3 nitrogen and oxygen atoms in total. The van der Waals surface area contributed by atoms with Crippen LogP contribution in [-0.4, -0.2) is 16.3 Å². The van der Waals surface area contributed by atoms with Crippen LogP contribution in [-0.2, 0) is 0 Å². The van der Waals surface area contributed by atoms with Crippen LogP contribution in [0.5, 0.6) is 0 Å². The smallest absolute Gasteiger partial charge is 0.150 e. The van der Waals surface area contributed by atoms with Gasteiger partial charge in [-0.2, -0.15) is 0 Å². The molecular formula is C17H11ClN2O. The predicted molar refractivity (Wildman–Crippen MR) is 85.3 cm³/mol. The summed E-state index contributed by atoms with van der Waals surface area (Å²) < 4.78 is 0. The van der Waals surface area contributed by atoms with Gasteiger partial charge in [0.05, 0.1) is 22.9 Å². The van der Waals surface area contributed by atoms with Gasteiger partial charge in [-0.25, -0.2) is 4.98 Å². The van der Waals surface area contributed by atoms with Gasteiger partial charge in [0.15, 0.2) is 0 Å². The van der Waals surface area contributed by atoms with Gasteiger partial charge in [0.25, 0.3) is 0 Å². The molecule has 0 aliphatic rings. The van der Waals surface area contributed by atoms with Crippen molar-refractivity contribution in [3.63, 3.8) is 0 Å². The Balaban J connectivity index is 1.93. The molecule has 102 valence electrons. The van der Waals surface area contributed by atoms with Crippen LogP contribution in [0.15, 0.2) is 48.7 Å². The summed E-state index contributed by atoms with van der Waals surface area (Å²) >= 11 is 5.96. The van der Waals surface area contributed by atoms with Crippen LogP contribution in [0, 0.1) is 0 Å². The lowest BCUT2D eigenvalue weighted by Gasteiger charge is -1.99. The average Bonchev–Trinajstić information content (AvgIpc) is 2.52. The highest BCUT2D eigenvalue weighted by molar-refractivity contribution is 6.31. The topological polar surface area (TPSA) is 42.9 Å². The number of aromatic nitrogens is 2. The van der Waals surface area contributed by atoms with E-state index < -0.39 is 0 Å². The molecule has 1 heterocycles. The summed E-state index contributed by atoms with van der Waals surface area (Å²) in [6.07, 6.45) is 6.29. The van der Waals surface area contributed by atoms with Crippen LogP contribution >= 0.6 is 11.6 Å². The number of benzene rings is 2. The Labute approximate surface area is 126 Å². The van der Waals surface area contributed by atoms with E-state index in [-0.39, 0.29) is 0 Å². The molecule has 0 aliphatic carbocycles. The molecule has 3 aromatic rings. The maximum Gasteiger partial charge on any atom is 0.150 e. The second-order valence-corrected chi connectivity index (χ2v) is 4.99. The van der Waals surface area contributed by atoms with Crippen molar-refractivity contribution in [3.05, 3.63) is 70.5 Å². The van der Waals surface area contributed by atoms with E-state index in [2.05, 4.69) is 9.97 Å². The van der Waals surface area contributed by atoms with E-state index in [9.17, 15) is 4.79 Å². The van der Waals surface area contributed by atoms with Gasteiger partial charge in [-0.3, -0.25) is 9.78 Å². The summed E-state index contributed by atoms with van der Waals surface area (Å²) in [5, 5.41) is 0.636. The van der Waals surface area contributed by atoms with Crippen molar-refractivity contribution >= 4 is 41.1 Å². The zero-order valence-electron chi connectivity index (χ0n) is 11.0. The van der Waals surface area contributed by atoms with Crippen LogP contribution in [0.4, 0.5) is 0 Å². The number of hydrogen-bond donors (Lipinski definition) is 0. The minimum atomic E-state index is 0.636. The Morgan fingerprint density at radius 2 is 1.81 bits per heavy atom. The minimum Gasteiger partial charge on any atom is -0.298 e. The normalized spacial score (nSPS) is 11.1. The van der Waals surface area contributed by atoms with Gasteiger partial charge >= 0.3 is 0 Å². The van der Waals surface area contributed by atoms with E-state index in [0.29, 0.717) is 10.6 Å². The third-order valence-electron chi connectivity index (χ3n) is 3.02. The lowest BCUT2D eigenvalue weighted by atomic mass is 10.1. The number of carbonyl (C=O) groups excluding carboxylic acids is 1. The standard InChI is InChI=1S/C17H11ClN2O/c18-14-5-7-16-17(9-14)20-15(10-19-16)6-4-12-2-1-3-13(8-12)11-21/h1-11H/b6-4+. The maximum absolute atomic E-state index is 10.8. The Bertz CT molecular complexity index is 843. The average molecular weight is 295 g/mol. The minimum absolute atomic E-state index is 0.636. The van der Waals surface area contributed by atoms with E-state index in [1.165, 1.54) is 0 Å². The largest absolute Gasteiger partial charge is 0.298 e. The van der Waals surface area contributed by atoms with Crippen LogP contribution in [0.2, 0.25) is 5.02 Å². The van der Waals surface area contributed by atoms with Gasteiger partial charge in [-0.05, 0) is 35.9 Å². The molecule has 0 fully saturated rings. The summed E-state index contributed by atoms with van der Waals surface area (Å²) in [7, 11) is 0. The summed E-state index contributed by atoms with van der Waals surface area (Å²) in [6, 6.07) is 12.8. The van der Waals surface area contributed by atoms with Gasteiger partial charge in [-0.15, -0.1) is 0 Å². The SMILES string of the molecule is O=Cc1cccc(/C=C/c2cnc3ccc(Cl)cc3n2)c1. The second kappa shape index (κ2) is 5.85. The molecule has 0 saturated carbocycles. The molecule has 0 radical (unpaired) electrons. The molecule has 4 heteroatoms. The van der Waals surface area contributed by atoms with E-state index >= 15 is 0 Å². The third kappa shape index (κ3) is 3.15. The maximum atomic E-state index is 10.8. The van der Waals surface area contributed by atoms with Crippen LogP contribution in [0.1, 0.15) is 21.6 Å². The van der Waals surface area contributed by atoms with Gasteiger partial charge in [0.2, 0.25) is 0 Å². The fourth-order valence-electron chi connectivity index (χ4n) is 2.00. The number of rotatable bonds is 3. The van der Waals surface area contributed by atoms with E-state index in [4.69, 9.17) is 11.6 Å². The highest BCUT2D eigenvalue weighted by atomic mass is 35.5. The number of nitrogens with zero attached hydrogens (tertiary/aromatic N) is 2. The fraction of sp³-hybridized carbons (Fsp3) is 0. The predicted octanol–water partition coefficient (Wildman–Crippen LogP) is 4.27. The van der Waals surface area contributed by atoms with Crippen molar-refractivity contribution in [2.24, 2.45) is 0 Å². The quantitative estimate of drug-likeness (QED) is 0.678. The van der Waals surface area contributed by atoms with Gasteiger partial charge in [-0.1, -0.05) is 35.9 Å². The molecule has 0 aliphatic heterocycles. The molecule has 0 atom stereocenters. The second-order valence-electron chi connectivity index (χ2n) is 4.55. The molecule has 0 unspecified atom stereocenters. The van der Waals surface area contributed by atoms with Crippen LogP contribution in [0.3, 0.4) is 0 Å². The van der Waals surface area contributed by atoms with Crippen molar-refractivity contribution < 1.29 is 4.79 Å². The summed E-state index contributed by atoms with van der Waals surface area (Å²) in [5.41, 5.74) is 3.88. The Morgan fingerprint density at radius 3 is 2.67 bits per heavy atom. The monoisotopic (exact) mass is 294 g/mol. The summed E-state index contributed by atoms with van der Waals surface area (Å²) in [6.45, 7) is 0. The van der Waals surface area contributed by atoms with Crippen molar-refractivity contribution in [1.82, 2.24) is 9.97 Å². The summed E-state index contributed by atoms with van der Waals surface area (Å²) in [4.78, 5) is 19.6. The van der Waals surface area contributed by atoms with Crippen LogP contribution < -0.4 is 0 Å². The lowest BCUT2D eigenvalue weighted by Crippen LogP contribution is -1.87. The van der Waals surface area contributed by atoms with Crippen molar-refractivity contribution in [3.8, 4) is 0 Å². The molecule has 0 bridgehead atoms. The first-order chi connectivity index (χ1) is 10.2. The summed E-state index contributed by atoms with van der Waals surface area (Å²) in [5.74, 6) is 0. The molecule has 21 heavy (non-hydrogen) atoms. The molecule has 0 N–H and O–H groups in total. The number of fused-ring (bicyclic) bond motifs is 1. The van der Waals surface area contributed by atoms with E-state index in [0.717, 1.165) is 28.6 Å². The molecule has 1 aromatic heterocycles. The number of aldehydes is 1. The Hall–Kier alpha value is -2.52. The lowest BCUT2D eigenvalue weighted by molar-refractivity contribution is 0.112. The molecular weight excluding hydrogens is 284 g/mol. The van der Waals surface area contributed by atoms with Crippen molar-refractivity contribution in [2.75, 3.05) is 0 Å². The molecule has 0 spiro atoms. The van der Waals surface area contributed by atoms with Crippen LogP contribution in [0.25, 0.3) is 23.2 Å². The van der Waals surface area contributed by atoms with E-state index in [1.807, 2.05) is 36.4 Å². The highest BCUT2D eigenvalue weighted by Crippen LogP contribution is 2.17. The number of halogens is 1. The molecule has 2 aromatic carbocycles. The van der Waals surface area contributed by atoms with Gasteiger partial charge in [0, 0.05) is 10.6 Å². The Morgan fingerprint density at radius 1 is 0.952 bits per heavy atom. The van der Waals surface area contributed by atoms with E-state index in [1.54, 1.807) is 24.4 Å². The Kier molecular flexibility index (Phi) is 3.75. The zero-order chi connectivity index (χ0) is 14.7.